The van der Waals surface area contributed by atoms with Gasteiger partial charge in [-0.15, -0.1) is 0 Å². The van der Waals surface area contributed by atoms with E-state index in [1.165, 1.54) is 0 Å². The van der Waals surface area contributed by atoms with Crippen LogP contribution in [0, 0.1) is 13.8 Å². The van der Waals surface area contributed by atoms with Gasteiger partial charge in [-0.2, -0.15) is 0 Å². The molecule has 0 radical (unpaired) electrons. The lowest BCUT2D eigenvalue weighted by Crippen LogP contribution is -2.02. The summed E-state index contributed by atoms with van der Waals surface area (Å²) in [5.74, 6) is 1.89. The van der Waals surface area contributed by atoms with E-state index in [2.05, 4.69) is 49.5 Å². The zero-order valence-electron chi connectivity index (χ0n) is 10.2. The summed E-state index contributed by atoms with van der Waals surface area (Å²) in [6, 6.07) is 10.2. The van der Waals surface area contributed by atoms with Gasteiger partial charge in [-0.3, -0.25) is 4.57 Å². The van der Waals surface area contributed by atoms with E-state index in [-0.39, 0.29) is 0 Å². The van der Waals surface area contributed by atoms with Gasteiger partial charge in [0.2, 0.25) is 0 Å². The van der Waals surface area contributed by atoms with Gasteiger partial charge in [-0.25, -0.2) is 9.97 Å². The molecule has 0 aliphatic carbocycles. The third kappa shape index (κ3) is 1.73. The van der Waals surface area contributed by atoms with Crippen molar-refractivity contribution >= 4 is 27.0 Å². The fraction of sp³-hybridized carbons (Fsp3) is 0.143. The van der Waals surface area contributed by atoms with E-state index in [4.69, 9.17) is 0 Å². The first-order valence-electron chi connectivity index (χ1n) is 5.73. The van der Waals surface area contributed by atoms with E-state index in [0.29, 0.717) is 0 Å². The second-order valence-electron chi connectivity index (χ2n) is 4.28. The molecule has 3 rings (SSSR count). The Morgan fingerprint density at radius 1 is 1.17 bits per heavy atom. The molecule has 0 spiro atoms. The van der Waals surface area contributed by atoms with Crippen LogP contribution in [0.1, 0.15) is 11.4 Å². The van der Waals surface area contributed by atoms with Gasteiger partial charge < -0.3 is 0 Å². The van der Waals surface area contributed by atoms with Crippen LogP contribution in [0.3, 0.4) is 0 Å². The Morgan fingerprint density at radius 2 is 1.94 bits per heavy atom. The molecule has 3 nitrogen and oxygen atoms in total. The molecule has 0 aliphatic heterocycles. The predicted octanol–water partition coefficient (Wildman–Crippen LogP) is 3.80. The van der Waals surface area contributed by atoms with Crippen LogP contribution < -0.4 is 0 Å². The van der Waals surface area contributed by atoms with Crippen molar-refractivity contribution in [3.63, 3.8) is 0 Å². The quantitative estimate of drug-likeness (QED) is 0.684. The predicted molar refractivity (Wildman–Crippen MR) is 76.0 cm³/mol. The summed E-state index contributed by atoms with van der Waals surface area (Å²) in [5.41, 5.74) is 3.21. The first-order chi connectivity index (χ1) is 8.66. The number of aryl methyl sites for hydroxylation is 2. The molecular formula is C14H12BrN3. The lowest BCUT2D eigenvalue weighted by atomic mass is 10.2. The Hall–Kier alpha value is -1.68. The molecule has 2 aromatic heterocycles. The third-order valence-corrected chi connectivity index (χ3v) is 3.39. The fourth-order valence-electron chi connectivity index (χ4n) is 2.18. The fourth-order valence-corrected chi connectivity index (χ4v) is 2.63. The highest BCUT2D eigenvalue weighted by atomic mass is 79.9. The van der Waals surface area contributed by atoms with Crippen molar-refractivity contribution in [3.05, 3.63) is 52.4 Å². The van der Waals surface area contributed by atoms with E-state index >= 15 is 0 Å². The Balaban J connectivity index is 2.34. The minimum absolute atomic E-state index is 0.935. The van der Waals surface area contributed by atoms with E-state index in [1.54, 1.807) is 0 Å². The van der Waals surface area contributed by atoms with Crippen LogP contribution in [-0.2, 0) is 0 Å². The molecule has 0 unspecified atom stereocenters. The number of halogens is 1. The summed E-state index contributed by atoms with van der Waals surface area (Å²) in [4.78, 5) is 9.07. The minimum Gasteiger partial charge on any atom is -0.280 e. The minimum atomic E-state index is 0.935. The van der Waals surface area contributed by atoms with Gasteiger partial charge in [-0.05, 0) is 53.5 Å². The number of hydrogen-bond donors (Lipinski definition) is 0. The van der Waals surface area contributed by atoms with Crippen LogP contribution in [0.25, 0.3) is 16.9 Å². The van der Waals surface area contributed by atoms with Gasteiger partial charge in [0.05, 0.1) is 11.0 Å². The molecule has 0 N–H and O–H groups in total. The Bertz CT molecular complexity index is 731. The highest BCUT2D eigenvalue weighted by Crippen LogP contribution is 2.23. The van der Waals surface area contributed by atoms with Crippen molar-refractivity contribution in [2.75, 3.05) is 0 Å². The lowest BCUT2D eigenvalue weighted by molar-refractivity contribution is 0.942. The topological polar surface area (TPSA) is 30.7 Å². The van der Waals surface area contributed by atoms with Crippen LogP contribution in [0.4, 0.5) is 0 Å². The zero-order valence-corrected chi connectivity index (χ0v) is 11.8. The standard InChI is InChI=1S/C14H12BrN3/c1-9-7-11(15)8-16-14(9)18-10(2)17-12-5-3-4-6-13(12)18/h3-8H,1-2H3. The molecule has 0 amide bonds. The van der Waals surface area contributed by atoms with Crippen molar-refractivity contribution < 1.29 is 0 Å². The van der Waals surface area contributed by atoms with Gasteiger partial charge in [0.1, 0.15) is 11.6 Å². The summed E-state index contributed by atoms with van der Waals surface area (Å²) in [5, 5.41) is 0. The van der Waals surface area contributed by atoms with Crippen molar-refractivity contribution in [1.82, 2.24) is 14.5 Å². The van der Waals surface area contributed by atoms with Crippen molar-refractivity contribution in [2.24, 2.45) is 0 Å². The maximum absolute atomic E-state index is 4.56. The maximum atomic E-state index is 4.56. The Kier molecular flexibility index (Phi) is 2.67. The van der Waals surface area contributed by atoms with Crippen molar-refractivity contribution in [1.29, 1.82) is 0 Å². The number of hydrogen-bond acceptors (Lipinski definition) is 2. The smallest absolute Gasteiger partial charge is 0.141 e. The Morgan fingerprint density at radius 3 is 2.72 bits per heavy atom. The van der Waals surface area contributed by atoms with Crippen LogP contribution >= 0.6 is 15.9 Å². The first kappa shape index (κ1) is 11.4. The molecule has 0 saturated heterocycles. The molecule has 0 bridgehead atoms. The number of aromatic nitrogens is 3. The normalized spacial score (nSPS) is 11.1. The van der Waals surface area contributed by atoms with Gasteiger partial charge in [0.25, 0.3) is 0 Å². The Labute approximate surface area is 114 Å². The molecule has 0 atom stereocenters. The van der Waals surface area contributed by atoms with E-state index < -0.39 is 0 Å². The number of nitrogens with zero attached hydrogens (tertiary/aromatic N) is 3. The van der Waals surface area contributed by atoms with E-state index in [0.717, 1.165) is 32.7 Å². The number of fused-ring (bicyclic) bond motifs is 1. The van der Waals surface area contributed by atoms with Crippen LogP contribution in [0.2, 0.25) is 0 Å². The SMILES string of the molecule is Cc1cc(Br)cnc1-n1c(C)nc2ccccc21. The van der Waals surface area contributed by atoms with Gasteiger partial charge >= 0.3 is 0 Å². The number of para-hydroxylation sites is 2. The molecule has 4 heteroatoms. The van der Waals surface area contributed by atoms with Crippen molar-refractivity contribution in [3.8, 4) is 5.82 Å². The second kappa shape index (κ2) is 4.21. The van der Waals surface area contributed by atoms with Gasteiger partial charge in [0.15, 0.2) is 0 Å². The van der Waals surface area contributed by atoms with Gasteiger partial charge in [0, 0.05) is 10.7 Å². The lowest BCUT2D eigenvalue weighted by Gasteiger charge is -2.09. The molecule has 1 aromatic carbocycles. The molecule has 3 aromatic rings. The highest BCUT2D eigenvalue weighted by Gasteiger charge is 2.11. The first-order valence-corrected chi connectivity index (χ1v) is 6.53. The monoisotopic (exact) mass is 301 g/mol. The molecule has 0 aliphatic rings. The number of pyridine rings is 1. The van der Waals surface area contributed by atoms with Gasteiger partial charge in [-0.1, -0.05) is 12.1 Å². The molecule has 0 saturated carbocycles. The molecule has 0 fully saturated rings. The highest BCUT2D eigenvalue weighted by molar-refractivity contribution is 9.10. The largest absolute Gasteiger partial charge is 0.280 e. The average molecular weight is 302 g/mol. The second-order valence-corrected chi connectivity index (χ2v) is 5.19. The summed E-state index contributed by atoms with van der Waals surface area (Å²) >= 11 is 3.44. The molecule has 90 valence electrons. The average Bonchev–Trinajstić information content (AvgIpc) is 2.66. The van der Waals surface area contributed by atoms with Crippen LogP contribution in [0.15, 0.2) is 41.0 Å². The number of rotatable bonds is 1. The third-order valence-electron chi connectivity index (χ3n) is 2.96. The van der Waals surface area contributed by atoms with E-state index in [9.17, 15) is 0 Å². The van der Waals surface area contributed by atoms with Crippen molar-refractivity contribution in [2.45, 2.75) is 13.8 Å². The molecule has 2 heterocycles. The zero-order chi connectivity index (χ0) is 12.7. The molecular weight excluding hydrogens is 290 g/mol. The molecule has 18 heavy (non-hydrogen) atoms. The van der Waals surface area contributed by atoms with Crippen LogP contribution in [-0.4, -0.2) is 14.5 Å². The maximum Gasteiger partial charge on any atom is 0.141 e. The number of imidazole rings is 1. The van der Waals surface area contributed by atoms with E-state index in [1.807, 2.05) is 31.3 Å². The summed E-state index contributed by atoms with van der Waals surface area (Å²) in [7, 11) is 0. The van der Waals surface area contributed by atoms with Crippen LogP contribution in [0.5, 0.6) is 0 Å². The summed E-state index contributed by atoms with van der Waals surface area (Å²) < 4.78 is 3.09. The summed E-state index contributed by atoms with van der Waals surface area (Å²) in [6.07, 6.45) is 1.82. The summed E-state index contributed by atoms with van der Waals surface area (Å²) in [6.45, 7) is 4.06. The number of benzene rings is 1.